The number of amides is 1. The Kier molecular flexibility index (Phi) is 4.42. The molecule has 22 heavy (non-hydrogen) atoms. The Bertz CT molecular complexity index is 706. The third kappa shape index (κ3) is 3.57. The largest absolute Gasteiger partial charge is 0.416 e. The normalized spacial score (nSPS) is 11.4. The molecule has 0 bridgehead atoms. The monoisotopic (exact) mass is 329 g/mol. The van der Waals surface area contributed by atoms with Crippen LogP contribution in [0.1, 0.15) is 27.3 Å². The maximum Gasteiger partial charge on any atom is 0.416 e. The van der Waals surface area contributed by atoms with Crippen LogP contribution in [0.15, 0.2) is 30.3 Å². The molecular weight excluding hydrogens is 317 g/mol. The first-order valence-corrected chi connectivity index (χ1v) is 6.74. The number of hydrogen-bond donors (Lipinski definition) is 1. The highest BCUT2D eigenvalue weighted by Gasteiger charge is 2.30. The van der Waals surface area contributed by atoms with Gasteiger partial charge in [0.25, 0.3) is 5.91 Å². The Morgan fingerprint density at radius 1 is 1.23 bits per heavy atom. The minimum Gasteiger partial charge on any atom is -0.322 e. The number of benzene rings is 1. The molecule has 0 aliphatic rings. The highest BCUT2D eigenvalue weighted by molar-refractivity contribution is 6.34. The van der Waals surface area contributed by atoms with Gasteiger partial charge in [0.05, 0.1) is 10.6 Å². The quantitative estimate of drug-likeness (QED) is 0.887. The summed E-state index contributed by atoms with van der Waals surface area (Å²) in [7, 11) is 0. The van der Waals surface area contributed by atoms with Gasteiger partial charge in [-0.3, -0.25) is 4.79 Å². The van der Waals surface area contributed by atoms with E-state index in [1.165, 1.54) is 12.1 Å². The van der Waals surface area contributed by atoms with Crippen molar-refractivity contribution in [2.45, 2.75) is 20.0 Å². The summed E-state index contributed by atoms with van der Waals surface area (Å²) in [6, 6.07) is 6.00. The molecule has 0 unspecified atom stereocenters. The molecule has 1 aromatic carbocycles. The second-order valence-electron chi connectivity index (χ2n) is 4.83. The summed E-state index contributed by atoms with van der Waals surface area (Å²) >= 11 is 6.04. The molecule has 2 rings (SSSR count). The number of pyridine rings is 1. The lowest BCUT2D eigenvalue weighted by atomic mass is 10.1. The van der Waals surface area contributed by atoms with Gasteiger partial charge in [0.2, 0.25) is 0 Å². The van der Waals surface area contributed by atoms with Crippen molar-refractivity contribution >= 4 is 23.2 Å². The van der Waals surface area contributed by atoms with E-state index in [0.29, 0.717) is 5.69 Å². The lowest BCUT2D eigenvalue weighted by Gasteiger charge is -2.10. The number of nitrogens with one attached hydrogen (secondary N) is 2. The topological polar surface area (TPSA) is 43.2 Å². The summed E-state index contributed by atoms with van der Waals surface area (Å²) in [5.74, 6) is -0.571. The molecule has 1 aromatic heterocycles. The number of aromatic amines is 1. The molecule has 0 fully saturated rings. The molecule has 0 aliphatic carbocycles. The summed E-state index contributed by atoms with van der Waals surface area (Å²) in [6.45, 7) is 3.45. The Labute approximate surface area is 130 Å². The van der Waals surface area contributed by atoms with E-state index in [4.69, 9.17) is 11.6 Å². The summed E-state index contributed by atoms with van der Waals surface area (Å²) in [4.78, 5) is 15.2. The van der Waals surface area contributed by atoms with Crippen molar-refractivity contribution in [3.05, 3.63) is 57.9 Å². The average Bonchev–Trinajstić information content (AvgIpc) is 2.36. The van der Waals surface area contributed by atoms with Crippen molar-refractivity contribution in [1.29, 1.82) is 0 Å². The minimum atomic E-state index is -4.47. The number of alkyl halides is 3. The first kappa shape index (κ1) is 16.3. The van der Waals surface area contributed by atoms with E-state index in [2.05, 4.69) is 10.3 Å². The number of halogens is 4. The molecule has 7 heteroatoms. The van der Waals surface area contributed by atoms with Crippen LogP contribution in [0.3, 0.4) is 0 Å². The standard InChI is InChI=1S/C15H12ClF3N2O/c1-8-6-12(16)13(9(2)20-8)14(22)21-11-5-3-4-10(7-11)15(17,18)19/h3-7H,1-2H3,(H,21,22)/p+1. The van der Waals surface area contributed by atoms with Crippen LogP contribution in [0.2, 0.25) is 5.02 Å². The second-order valence-corrected chi connectivity index (χ2v) is 5.24. The molecule has 1 heterocycles. The summed E-state index contributed by atoms with van der Waals surface area (Å²) < 4.78 is 38.0. The smallest absolute Gasteiger partial charge is 0.322 e. The van der Waals surface area contributed by atoms with Gasteiger partial charge in [0.15, 0.2) is 11.4 Å². The van der Waals surface area contributed by atoms with E-state index in [-0.39, 0.29) is 16.3 Å². The van der Waals surface area contributed by atoms with Gasteiger partial charge in [-0.05, 0) is 18.2 Å². The second kappa shape index (κ2) is 5.96. The summed E-state index contributed by atoms with van der Waals surface area (Å²) in [5.41, 5.74) is 0.733. The van der Waals surface area contributed by atoms with Crippen molar-refractivity contribution in [2.24, 2.45) is 0 Å². The van der Waals surface area contributed by atoms with E-state index in [1.807, 2.05) is 0 Å². The van der Waals surface area contributed by atoms with Crippen LogP contribution in [0.4, 0.5) is 18.9 Å². The number of carbonyl (C=O) groups excluding carboxylic acids is 1. The van der Waals surface area contributed by atoms with Gasteiger partial charge >= 0.3 is 6.18 Å². The molecule has 2 N–H and O–H groups in total. The highest BCUT2D eigenvalue weighted by atomic mass is 35.5. The molecule has 2 aromatic rings. The average molecular weight is 330 g/mol. The maximum atomic E-state index is 12.7. The lowest BCUT2D eigenvalue weighted by Crippen LogP contribution is -2.22. The first-order chi connectivity index (χ1) is 10.2. The lowest BCUT2D eigenvalue weighted by molar-refractivity contribution is -0.397. The van der Waals surface area contributed by atoms with Gasteiger partial charge in [-0.2, -0.15) is 13.2 Å². The molecule has 0 aliphatic heterocycles. The number of aryl methyl sites for hydroxylation is 2. The van der Waals surface area contributed by atoms with Gasteiger partial charge < -0.3 is 5.32 Å². The number of rotatable bonds is 2. The van der Waals surface area contributed by atoms with Crippen LogP contribution in [0, 0.1) is 13.8 Å². The third-order valence-electron chi connectivity index (χ3n) is 3.02. The third-order valence-corrected chi connectivity index (χ3v) is 3.31. The molecule has 0 saturated carbocycles. The number of hydrogen-bond acceptors (Lipinski definition) is 1. The van der Waals surface area contributed by atoms with E-state index in [9.17, 15) is 18.0 Å². The molecule has 1 amide bonds. The molecule has 0 spiro atoms. The molecular formula is C15H13ClF3N2O+. The van der Waals surface area contributed by atoms with Crippen molar-refractivity contribution < 1.29 is 22.9 Å². The van der Waals surface area contributed by atoms with Gasteiger partial charge in [-0.25, -0.2) is 4.98 Å². The Morgan fingerprint density at radius 2 is 1.91 bits per heavy atom. The zero-order valence-corrected chi connectivity index (χ0v) is 12.6. The van der Waals surface area contributed by atoms with Crippen LogP contribution < -0.4 is 10.3 Å². The predicted molar refractivity (Wildman–Crippen MR) is 76.9 cm³/mol. The number of H-pyrrole nitrogens is 1. The Hall–Kier alpha value is -2.08. The fraction of sp³-hybridized carbons (Fsp3) is 0.200. The number of anilines is 1. The molecule has 116 valence electrons. The van der Waals surface area contributed by atoms with E-state index >= 15 is 0 Å². The molecule has 3 nitrogen and oxygen atoms in total. The van der Waals surface area contributed by atoms with Crippen LogP contribution in [0.5, 0.6) is 0 Å². The molecule has 0 saturated heterocycles. The van der Waals surface area contributed by atoms with Crippen LogP contribution in [0.25, 0.3) is 0 Å². The van der Waals surface area contributed by atoms with Crippen LogP contribution in [-0.4, -0.2) is 5.91 Å². The van der Waals surface area contributed by atoms with Crippen LogP contribution in [-0.2, 0) is 6.18 Å². The fourth-order valence-electron chi connectivity index (χ4n) is 2.08. The van der Waals surface area contributed by atoms with Crippen molar-refractivity contribution in [3.8, 4) is 0 Å². The van der Waals surface area contributed by atoms with Crippen molar-refractivity contribution in [2.75, 3.05) is 5.32 Å². The zero-order valence-electron chi connectivity index (χ0n) is 11.8. The number of aromatic nitrogens is 1. The molecule has 0 radical (unpaired) electrons. The summed E-state index contributed by atoms with van der Waals surface area (Å²) in [5, 5.41) is 2.66. The minimum absolute atomic E-state index is 0.0517. The Morgan fingerprint density at radius 3 is 2.50 bits per heavy atom. The first-order valence-electron chi connectivity index (χ1n) is 6.36. The van der Waals surface area contributed by atoms with Crippen molar-refractivity contribution in [3.63, 3.8) is 0 Å². The SMILES string of the molecule is Cc1cc(Cl)c(C(=O)Nc2cccc(C(F)(F)F)c2)c(C)[nH+]1. The molecule has 0 atom stereocenters. The predicted octanol–water partition coefficient (Wildman–Crippen LogP) is 4.04. The maximum absolute atomic E-state index is 12.7. The van der Waals surface area contributed by atoms with Crippen LogP contribution >= 0.6 is 11.6 Å². The van der Waals surface area contributed by atoms with Gasteiger partial charge in [-0.1, -0.05) is 17.7 Å². The van der Waals surface area contributed by atoms with E-state index < -0.39 is 17.6 Å². The highest BCUT2D eigenvalue weighted by Crippen LogP contribution is 2.31. The number of carbonyl (C=O) groups is 1. The zero-order chi connectivity index (χ0) is 16.5. The summed E-state index contributed by atoms with van der Waals surface area (Å²) in [6.07, 6.45) is -4.47. The van der Waals surface area contributed by atoms with Gasteiger partial charge in [0, 0.05) is 25.6 Å². The Balaban J connectivity index is 2.30. The van der Waals surface area contributed by atoms with Gasteiger partial charge in [-0.15, -0.1) is 0 Å². The van der Waals surface area contributed by atoms with Gasteiger partial charge in [0.1, 0.15) is 5.56 Å². The fourth-order valence-corrected chi connectivity index (χ4v) is 2.47. The van der Waals surface area contributed by atoms with Crippen molar-refractivity contribution in [1.82, 2.24) is 0 Å². The van der Waals surface area contributed by atoms with E-state index in [0.717, 1.165) is 17.8 Å². The van der Waals surface area contributed by atoms with E-state index in [1.54, 1.807) is 19.9 Å².